The number of nitrogens with one attached hydrogen (secondary N) is 1. The van der Waals surface area contributed by atoms with Gasteiger partial charge >= 0.3 is 0 Å². The van der Waals surface area contributed by atoms with Gasteiger partial charge in [-0.25, -0.2) is 0 Å². The van der Waals surface area contributed by atoms with Gasteiger partial charge in [0.2, 0.25) is 0 Å². The van der Waals surface area contributed by atoms with Crippen LogP contribution < -0.4 is 5.32 Å². The molecule has 1 aromatic heterocycles. The van der Waals surface area contributed by atoms with Crippen LogP contribution in [0.3, 0.4) is 0 Å². The summed E-state index contributed by atoms with van der Waals surface area (Å²) in [7, 11) is 0. The van der Waals surface area contributed by atoms with Crippen molar-refractivity contribution in [1.82, 2.24) is 10.3 Å². The molecule has 18 heavy (non-hydrogen) atoms. The van der Waals surface area contributed by atoms with Crippen molar-refractivity contribution < 1.29 is 5.11 Å². The molecule has 2 N–H and O–H groups in total. The number of aromatic nitrogens is 1. The minimum Gasteiger partial charge on any atom is -0.506 e. The summed E-state index contributed by atoms with van der Waals surface area (Å²) in [4.78, 5) is 4.35. The molecule has 1 rings (SSSR count). The summed E-state index contributed by atoms with van der Waals surface area (Å²) < 4.78 is 0. The van der Waals surface area contributed by atoms with E-state index in [9.17, 15) is 5.11 Å². The first-order chi connectivity index (χ1) is 8.67. The molecule has 0 amide bonds. The Kier molecular flexibility index (Phi) is 6.73. The highest BCUT2D eigenvalue weighted by Crippen LogP contribution is 2.15. The largest absolute Gasteiger partial charge is 0.506 e. The number of nitrogens with zero attached hydrogens (tertiary/aromatic N) is 1. The maximum Gasteiger partial charge on any atom is 0.138 e. The molecular formula is C15H26N2O. The number of aromatic hydroxyl groups is 1. The Labute approximate surface area is 111 Å². The molecule has 1 heterocycles. The SMILES string of the molecule is CCCCC(CC)CNCc1nc(C)ccc1O. The Balaban J connectivity index is 2.37. The Morgan fingerprint density at radius 3 is 2.78 bits per heavy atom. The van der Waals surface area contributed by atoms with Crippen LogP contribution in [0, 0.1) is 12.8 Å². The van der Waals surface area contributed by atoms with Gasteiger partial charge in [-0.1, -0.05) is 33.1 Å². The fourth-order valence-electron chi connectivity index (χ4n) is 2.07. The normalized spacial score (nSPS) is 12.6. The fraction of sp³-hybridized carbons (Fsp3) is 0.667. The van der Waals surface area contributed by atoms with Crippen LogP contribution in [0.25, 0.3) is 0 Å². The van der Waals surface area contributed by atoms with E-state index in [-0.39, 0.29) is 5.75 Å². The molecule has 0 aliphatic rings. The zero-order valence-corrected chi connectivity index (χ0v) is 11.9. The van der Waals surface area contributed by atoms with Gasteiger partial charge in [0.05, 0.1) is 5.69 Å². The second-order valence-electron chi connectivity index (χ2n) is 4.97. The van der Waals surface area contributed by atoms with Crippen molar-refractivity contribution in [3.05, 3.63) is 23.5 Å². The zero-order chi connectivity index (χ0) is 13.4. The minimum absolute atomic E-state index is 0.287. The second kappa shape index (κ2) is 8.09. The standard InChI is InChI=1S/C15H26N2O/c1-4-6-7-13(5-2)10-16-11-14-15(18)9-8-12(3)17-14/h8-9,13,16,18H,4-7,10-11H2,1-3H3. The number of aryl methyl sites for hydroxylation is 1. The van der Waals surface area contributed by atoms with Crippen LogP contribution in [0.2, 0.25) is 0 Å². The van der Waals surface area contributed by atoms with Crippen LogP contribution >= 0.6 is 0 Å². The van der Waals surface area contributed by atoms with Crippen molar-refractivity contribution in [2.75, 3.05) is 6.54 Å². The Hall–Kier alpha value is -1.09. The quantitative estimate of drug-likeness (QED) is 0.743. The third-order valence-corrected chi connectivity index (χ3v) is 3.36. The first kappa shape index (κ1) is 15.0. The van der Waals surface area contributed by atoms with Gasteiger partial charge in [0, 0.05) is 12.2 Å². The molecule has 0 fully saturated rings. The van der Waals surface area contributed by atoms with Crippen LogP contribution in [0.5, 0.6) is 5.75 Å². The van der Waals surface area contributed by atoms with Crippen LogP contribution in [0.4, 0.5) is 0 Å². The van der Waals surface area contributed by atoms with Gasteiger partial charge < -0.3 is 10.4 Å². The van der Waals surface area contributed by atoms with Gasteiger partial charge in [-0.05, 0) is 37.9 Å². The van der Waals surface area contributed by atoms with Gasteiger partial charge in [0.25, 0.3) is 0 Å². The molecule has 0 aliphatic heterocycles. The number of rotatable bonds is 8. The zero-order valence-electron chi connectivity index (χ0n) is 11.9. The molecule has 0 aromatic carbocycles. The molecule has 0 radical (unpaired) electrons. The molecule has 0 saturated carbocycles. The van der Waals surface area contributed by atoms with E-state index in [4.69, 9.17) is 0 Å². The molecule has 0 aliphatic carbocycles. The monoisotopic (exact) mass is 250 g/mol. The molecule has 1 atom stereocenters. The van der Waals surface area contributed by atoms with E-state index in [1.54, 1.807) is 6.07 Å². The van der Waals surface area contributed by atoms with Crippen molar-refractivity contribution in [3.8, 4) is 5.75 Å². The van der Waals surface area contributed by atoms with Crippen molar-refractivity contribution >= 4 is 0 Å². The maximum absolute atomic E-state index is 9.70. The Morgan fingerprint density at radius 2 is 2.11 bits per heavy atom. The number of hydrogen-bond donors (Lipinski definition) is 2. The lowest BCUT2D eigenvalue weighted by Crippen LogP contribution is -2.22. The highest BCUT2D eigenvalue weighted by atomic mass is 16.3. The number of hydrogen-bond acceptors (Lipinski definition) is 3. The van der Waals surface area contributed by atoms with E-state index in [0.717, 1.165) is 23.9 Å². The van der Waals surface area contributed by atoms with E-state index in [2.05, 4.69) is 24.1 Å². The lowest BCUT2D eigenvalue weighted by Gasteiger charge is -2.15. The fourth-order valence-corrected chi connectivity index (χ4v) is 2.07. The van der Waals surface area contributed by atoms with Gasteiger partial charge in [-0.3, -0.25) is 4.98 Å². The second-order valence-corrected chi connectivity index (χ2v) is 4.97. The lowest BCUT2D eigenvalue weighted by atomic mass is 9.99. The molecule has 0 saturated heterocycles. The summed E-state index contributed by atoms with van der Waals surface area (Å²) in [5.41, 5.74) is 1.70. The van der Waals surface area contributed by atoms with Crippen molar-refractivity contribution in [2.24, 2.45) is 5.92 Å². The average molecular weight is 250 g/mol. The highest BCUT2D eigenvalue weighted by molar-refractivity contribution is 5.27. The van der Waals surface area contributed by atoms with E-state index >= 15 is 0 Å². The molecule has 0 bridgehead atoms. The molecule has 1 unspecified atom stereocenters. The van der Waals surface area contributed by atoms with Gasteiger partial charge in [-0.2, -0.15) is 0 Å². The molecule has 3 heteroatoms. The molecule has 1 aromatic rings. The predicted octanol–water partition coefficient (Wildman–Crippen LogP) is 3.40. The van der Waals surface area contributed by atoms with Crippen molar-refractivity contribution in [2.45, 2.75) is 53.0 Å². The molecular weight excluding hydrogens is 224 g/mol. The van der Waals surface area contributed by atoms with Gasteiger partial charge in [-0.15, -0.1) is 0 Å². The first-order valence-electron chi connectivity index (χ1n) is 7.03. The van der Waals surface area contributed by atoms with E-state index in [0.29, 0.717) is 6.54 Å². The smallest absolute Gasteiger partial charge is 0.138 e. The predicted molar refractivity (Wildman–Crippen MR) is 75.7 cm³/mol. The topological polar surface area (TPSA) is 45.2 Å². The van der Waals surface area contributed by atoms with Crippen LogP contribution in [-0.4, -0.2) is 16.6 Å². The van der Waals surface area contributed by atoms with Crippen LogP contribution in [-0.2, 0) is 6.54 Å². The summed E-state index contributed by atoms with van der Waals surface area (Å²) in [6, 6.07) is 3.54. The summed E-state index contributed by atoms with van der Waals surface area (Å²) >= 11 is 0. The third-order valence-electron chi connectivity index (χ3n) is 3.36. The minimum atomic E-state index is 0.287. The average Bonchev–Trinajstić information content (AvgIpc) is 2.37. The summed E-state index contributed by atoms with van der Waals surface area (Å²) in [5.74, 6) is 1.02. The summed E-state index contributed by atoms with van der Waals surface area (Å²) in [6.07, 6.45) is 5.05. The van der Waals surface area contributed by atoms with E-state index in [1.165, 1.54) is 25.7 Å². The van der Waals surface area contributed by atoms with Crippen LogP contribution in [0.15, 0.2) is 12.1 Å². The van der Waals surface area contributed by atoms with Gasteiger partial charge in [0.1, 0.15) is 5.75 Å². The van der Waals surface area contributed by atoms with Crippen LogP contribution in [0.1, 0.15) is 50.9 Å². The Morgan fingerprint density at radius 1 is 1.33 bits per heavy atom. The summed E-state index contributed by atoms with van der Waals surface area (Å²) in [6.45, 7) is 8.07. The summed E-state index contributed by atoms with van der Waals surface area (Å²) in [5, 5.41) is 13.1. The van der Waals surface area contributed by atoms with Crippen molar-refractivity contribution in [3.63, 3.8) is 0 Å². The Bertz CT molecular complexity index is 352. The number of pyridine rings is 1. The molecule has 102 valence electrons. The third kappa shape index (κ3) is 5.05. The van der Waals surface area contributed by atoms with Crippen molar-refractivity contribution in [1.29, 1.82) is 0 Å². The molecule has 3 nitrogen and oxygen atoms in total. The first-order valence-corrected chi connectivity index (χ1v) is 7.03. The van der Waals surface area contributed by atoms with E-state index in [1.807, 2.05) is 13.0 Å². The maximum atomic E-state index is 9.70. The van der Waals surface area contributed by atoms with E-state index < -0.39 is 0 Å². The lowest BCUT2D eigenvalue weighted by molar-refractivity contribution is 0.411. The van der Waals surface area contributed by atoms with Gasteiger partial charge in [0.15, 0.2) is 0 Å². The highest BCUT2D eigenvalue weighted by Gasteiger charge is 2.07. The molecule has 0 spiro atoms. The number of unbranched alkanes of at least 4 members (excludes halogenated alkanes) is 1.